The van der Waals surface area contributed by atoms with Crippen molar-refractivity contribution in [3.8, 4) is 12.0 Å². The molecule has 0 aromatic rings. The van der Waals surface area contributed by atoms with Gasteiger partial charge in [0, 0.05) is 24.0 Å². The van der Waals surface area contributed by atoms with Crippen molar-refractivity contribution in [3.05, 3.63) is 11.8 Å². The van der Waals surface area contributed by atoms with Crippen molar-refractivity contribution < 1.29 is 27.8 Å². The summed E-state index contributed by atoms with van der Waals surface area (Å²) in [4.78, 5) is 20.8. The SMILES string of the molecule is O=C(NC#CC1=CN([C@H]2CC[C@@H](CO)O2)C2N=CN=CC12)C(F)(F)F. The molecule has 134 valence electrons. The Morgan fingerprint density at radius 2 is 2.28 bits per heavy atom. The van der Waals surface area contributed by atoms with Crippen molar-refractivity contribution in [2.75, 3.05) is 6.61 Å². The third kappa shape index (κ3) is 3.67. The molecular formula is C15H15F3N4O3. The number of hydrogen-bond donors (Lipinski definition) is 2. The van der Waals surface area contributed by atoms with Gasteiger partial charge in [0.1, 0.15) is 18.7 Å². The predicted molar refractivity (Wildman–Crippen MR) is 81.1 cm³/mol. The van der Waals surface area contributed by atoms with Crippen molar-refractivity contribution in [1.82, 2.24) is 10.2 Å². The number of carbonyl (C=O) groups excluding carboxylic acids is 1. The van der Waals surface area contributed by atoms with Crippen LogP contribution in [-0.2, 0) is 9.53 Å². The first kappa shape index (κ1) is 17.4. The van der Waals surface area contributed by atoms with Gasteiger partial charge in [-0.2, -0.15) is 13.2 Å². The van der Waals surface area contributed by atoms with E-state index in [9.17, 15) is 23.1 Å². The zero-order valence-electron chi connectivity index (χ0n) is 12.9. The highest BCUT2D eigenvalue weighted by atomic mass is 19.4. The molecule has 2 N–H and O–H groups in total. The van der Waals surface area contributed by atoms with Crippen LogP contribution >= 0.6 is 0 Å². The number of carbonyl (C=O) groups is 1. The molecule has 1 amide bonds. The minimum Gasteiger partial charge on any atom is -0.394 e. The highest BCUT2D eigenvalue weighted by Gasteiger charge is 2.41. The topological polar surface area (TPSA) is 86.5 Å². The number of nitrogens with zero attached hydrogens (tertiary/aromatic N) is 3. The molecule has 3 aliphatic rings. The van der Waals surface area contributed by atoms with Gasteiger partial charge in [-0.25, -0.2) is 9.98 Å². The molecular weight excluding hydrogens is 341 g/mol. The molecule has 2 unspecified atom stereocenters. The van der Waals surface area contributed by atoms with Crippen LogP contribution in [0.1, 0.15) is 12.8 Å². The van der Waals surface area contributed by atoms with Gasteiger partial charge in [-0.3, -0.25) is 10.1 Å². The molecule has 1 saturated heterocycles. The summed E-state index contributed by atoms with van der Waals surface area (Å²) in [6.45, 7) is -0.0803. The normalized spacial score (nSPS) is 30.6. The summed E-state index contributed by atoms with van der Waals surface area (Å²) in [5, 5.41) is 10.7. The average Bonchev–Trinajstić information content (AvgIpc) is 3.18. The highest BCUT2D eigenvalue weighted by molar-refractivity contribution is 5.84. The first-order valence-electron chi connectivity index (χ1n) is 7.58. The van der Waals surface area contributed by atoms with Crippen molar-refractivity contribution >= 4 is 18.5 Å². The van der Waals surface area contributed by atoms with E-state index in [0.29, 0.717) is 18.4 Å². The van der Waals surface area contributed by atoms with Gasteiger partial charge in [-0.15, -0.1) is 0 Å². The van der Waals surface area contributed by atoms with Crippen LogP contribution in [0.25, 0.3) is 0 Å². The van der Waals surface area contributed by atoms with E-state index in [1.807, 2.05) is 10.9 Å². The molecule has 7 nitrogen and oxygen atoms in total. The number of alkyl halides is 3. The molecule has 0 aromatic heterocycles. The summed E-state index contributed by atoms with van der Waals surface area (Å²) in [7, 11) is 0. The molecule has 0 aromatic carbocycles. The van der Waals surface area contributed by atoms with Crippen molar-refractivity contribution in [1.29, 1.82) is 0 Å². The van der Waals surface area contributed by atoms with Crippen LogP contribution in [0.5, 0.6) is 0 Å². The van der Waals surface area contributed by atoms with Gasteiger partial charge in [0.25, 0.3) is 0 Å². The van der Waals surface area contributed by atoms with E-state index in [-0.39, 0.29) is 31.0 Å². The number of aliphatic hydroxyl groups is 1. The number of aliphatic hydroxyl groups excluding tert-OH is 1. The number of halogens is 3. The third-order valence-corrected chi connectivity index (χ3v) is 4.07. The summed E-state index contributed by atoms with van der Waals surface area (Å²) in [6, 6.07) is 2.04. The lowest BCUT2D eigenvalue weighted by molar-refractivity contribution is -0.172. The first-order valence-corrected chi connectivity index (χ1v) is 7.58. The Morgan fingerprint density at radius 1 is 1.48 bits per heavy atom. The van der Waals surface area contributed by atoms with Crippen LogP contribution in [0.15, 0.2) is 21.8 Å². The van der Waals surface area contributed by atoms with Crippen LogP contribution in [0, 0.1) is 17.9 Å². The molecule has 3 aliphatic heterocycles. The van der Waals surface area contributed by atoms with Gasteiger partial charge in [0.15, 0.2) is 0 Å². The van der Waals surface area contributed by atoms with Crippen molar-refractivity contribution in [3.63, 3.8) is 0 Å². The van der Waals surface area contributed by atoms with Gasteiger partial charge in [0.2, 0.25) is 0 Å². The number of fused-ring (bicyclic) bond motifs is 1. The number of hydrogen-bond acceptors (Lipinski definition) is 6. The maximum Gasteiger partial charge on any atom is 0.472 e. The third-order valence-electron chi connectivity index (χ3n) is 4.07. The van der Waals surface area contributed by atoms with E-state index in [4.69, 9.17) is 4.74 Å². The molecule has 0 radical (unpaired) electrons. The summed E-state index contributed by atoms with van der Waals surface area (Å²) in [5.41, 5.74) is 0.476. The predicted octanol–water partition coefficient (Wildman–Crippen LogP) is 0.378. The van der Waals surface area contributed by atoms with Crippen LogP contribution in [-0.4, -0.2) is 59.7 Å². The molecule has 10 heteroatoms. The molecule has 0 aliphatic carbocycles. The second-order valence-corrected chi connectivity index (χ2v) is 5.71. The monoisotopic (exact) mass is 356 g/mol. The molecule has 0 saturated carbocycles. The van der Waals surface area contributed by atoms with Gasteiger partial charge in [-0.1, -0.05) is 0 Å². The Hall–Kier alpha value is -2.38. The standard InChI is InChI=1S/C15H15F3N4O3/c16-15(17,18)14(24)20-4-3-9-6-22(12-2-1-10(7-23)25-12)13-11(9)5-19-8-21-13/h5-6,8,10-13,23H,1-2,7H2,(H,20,24)/t10-,11?,12+,13?/m0/s1. The Kier molecular flexibility index (Phi) is 4.78. The summed E-state index contributed by atoms with van der Waals surface area (Å²) >= 11 is 0. The molecule has 0 bridgehead atoms. The van der Waals surface area contributed by atoms with E-state index in [1.165, 1.54) is 11.7 Å². The summed E-state index contributed by atoms with van der Waals surface area (Å²) in [5.74, 6) is 0.0755. The van der Waals surface area contributed by atoms with E-state index in [2.05, 4.69) is 15.9 Å². The zero-order chi connectivity index (χ0) is 18.0. The lowest BCUT2D eigenvalue weighted by Gasteiger charge is -2.31. The minimum atomic E-state index is -4.99. The smallest absolute Gasteiger partial charge is 0.394 e. The molecule has 4 atom stereocenters. The first-order chi connectivity index (χ1) is 11.9. The quantitative estimate of drug-likeness (QED) is 0.553. The van der Waals surface area contributed by atoms with Crippen LogP contribution in [0.3, 0.4) is 0 Å². The number of rotatable bonds is 2. The van der Waals surface area contributed by atoms with Gasteiger partial charge in [-0.05, 0) is 18.8 Å². The fourth-order valence-corrected chi connectivity index (χ4v) is 2.87. The second-order valence-electron chi connectivity index (χ2n) is 5.71. The Morgan fingerprint density at radius 3 is 2.96 bits per heavy atom. The number of ether oxygens (including phenoxy) is 1. The number of nitrogens with one attached hydrogen (secondary N) is 1. The van der Waals surface area contributed by atoms with Crippen LogP contribution in [0.2, 0.25) is 0 Å². The van der Waals surface area contributed by atoms with Crippen LogP contribution < -0.4 is 5.32 Å². The largest absolute Gasteiger partial charge is 0.472 e. The fraction of sp³-hybridized carbons (Fsp3) is 0.533. The molecule has 3 rings (SSSR count). The van der Waals surface area contributed by atoms with Gasteiger partial charge in [0.05, 0.1) is 18.6 Å². The Balaban J connectivity index is 1.74. The Bertz CT molecular complexity index is 692. The van der Waals surface area contributed by atoms with Gasteiger partial charge >= 0.3 is 12.1 Å². The van der Waals surface area contributed by atoms with Crippen molar-refractivity contribution in [2.45, 2.75) is 37.5 Å². The lowest BCUT2D eigenvalue weighted by atomic mass is 10.0. The van der Waals surface area contributed by atoms with E-state index in [0.717, 1.165) is 0 Å². The maximum atomic E-state index is 12.2. The molecule has 3 heterocycles. The number of aliphatic imine (C=N–C) groups is 2. The summed E-state index contributed by atoms with van der Waals surface area (Å²) < 4.78 is 42.3. The fourth-order valence-electron chi connectivity index (χ4n) is 2.87. The van der Waals surface area contributed by atoms with E-state index in [1.54, 1.807) is 12.4 Å². The maximum absolute atomic E-state index is 12.2. The zero-order valence-corrected chi connectivity index (χ0v) is 12.9. The summed E-state index contributed by atoms with van der Waals surface area (Å²) in [6.07, 6.45) is 0.123. The van der Waals surface area contributed by atoms with E-state index >= 15 is 0 Å². The molecule has 1 fully saturated rings. The lowest BCUT2D eigenvalue weighted by Crippen LogP contribution is -2.40. The highest BCUT2D eigenvalue weighted by Crippen LogP contribution is 2.35. The molecule has 25 heavy (non-hydrogen) atoms. The second kappa shape index (κ2) is 6.85. The number of amides is 1. The Labute approximate surface area is 141 Å². The molecule has 0 spiro atoms. The van der Waals surface area contributed by atoms with Crippen LogP contribution in [0.4, 0.5) is 13.2 Å². The van der Waals surface area contributed by atoms with Gasteiger partial charge < -0.3 is 14.7 Å². The van der Waals surface area contributed by atoms with E-state index < -0.39 is 12.1 Å². The minimum absolute atomic E-state index is 0.0803. The van der Waals surface area contributed by atoms with Crippen molar-refractivity contribution in [2.24, 2.45) is 15.9 Å². The average molecular weight is 356 g/mol.